The predicted molar refractivity (Wildman–Crippen MR) is 89.6 cm³/mol. The summed E-state index contributed by atoms with van der Waals surface area (Å²) in [5, 5.41) is 2.97. The lowest BCUT2D eigenvalue weighted by Gasteiger charge is -2.35. The minimum Gasteiger partial charge on any atom is -0.368 e. The predicted octanol–water partition coefficient (Wildman–Crippen LogP) is 1.66. The van der Waals surface area contributed by atoms with Crippen molar-refractivity contribution in [3.05, 3.63) is 0 Å². The van der Waals surface area contributed by atoms with E-state index in [-0.39, 0.29) is 11.9 Å². The summed E-state index contributed by atoms with van der Waals surface area (Å²) in [4.78, 5) is 12.7. The molecule has 0 radical (unpaired) electrons. The van der Waals surface area contributed by atoms with Crippen LogP contribution in [0.5, 0.6) is 0 Å². The number of hydrogen-bond acceptors (Lipinski definition) is 4. The molecule has 1 aliphatic heterocycles. The Hall–Kier alpha value is -0.660. The van der Waals surface area contributed by atoms with Crippen LogP contribution in [-0.4, -0.2) is 56.7 Å². The second kappa shape index (κ2) is 7.94. The summed E-state index contributed by atoms with van der Waals surface area (Å²) in [5.41, 5.74) is -0.735. The Bertz CT molecular complexity index is 498. The Kier molecular flexibility index (Phi) is 6.45. The van der Waals surface area contributed by atoms with Crippen molar-refractivity contribution in [3.63, 3.8) is 0 Å². The van der Waals surface area contributed by atoms with E-state index in [0.717, 1.165) is 57.8 Å². The van der Waals surface area contributed by atoms with Gasteiger partial charge in [0.2, 0.25) is 10.0 Å². The van der Waals surface area contributed by atoms with Gasteiger partial charge in [-0.05, 0) is 25.7 Å². The van der Waals surface area contributed by atoms with E-state index in [2.05, 4.69) is 5.32 Å². The van der Waals surface area contributed by atoms with Crippen LogP contribution in [0.1, 0.15) is 57.8 Å². The molecular weight excluding hydrogens is 316 g/mol. The summed E-state index contributed by atoms with van der Waals surface area (Å²) in [6, 6.07) is -0.137. The first-order chi connectivity index (χ1) is 10.9. The minimum atomic E-state index is -3.22. The van der Waals surface area contributed by atoms with Crippen molar-refractivity contribution in [2.75, 3.05) is 26.5 Å². The first-order valence-electron chi connectivity index (χ1n) is 8.69. The van der Waals surface area contributed by atoms with Crippen molar-refractivity contribution < 1.29 is 17.9 Å². The molecule has 23 heavy (non-hydrogen) atoms. The van der Waals surface area contributed by atoms with Crippen molar-refractivity contribution >= 4 is 15.9 Å². The molecule has 1 aliphatic carbocycles. The van der Waals surface area contributed by atoms with Crippen molar-refractivity contribution in [2.45, 2.75) is 69.4 Å². The van der Waals surface area contributed by atoms with E-state index < -0.39 is 15.6 Å². The molecule has 1 unspecified atom stereocenters. The topological polar surface area (TPSA) is 75.7 Å². The number of carbonyl (C=O) groups excluding carboxylic acids is 1. The minimum absolute atomic E-state index is 0.0825. The quantitative estimate of drug-likeness (QED) is 0.768. The van der Waals surface area contributed by atoms with Crippen LogP contribution in [0.3, 0.4) is 0 Å². The molecule has 6 nitrogen and oxygen atoms in total. The normalized spacial score (nSPS) is 26.4. The Labute approximate surface area is 140 Å². The van der Waals surface area contributed by atoms with Crippen molar-refractivity contribution in [2.24, 2.45) is 0 Å². The average Bonchev–Trinajstić information content (AvgIpc) is 2.78. The number of hydrogen-bond donors (Lipinski definition) is 1. The third-order valence-electron chi connectivity index (χ3n) is 5.21. The molecule has 1 atom stereocenters. The summed E-state index contributed by atoms with van der Waals surface area (Å²) >= 11 is 0. The SMILES string of the molecule is COC1(C(=O)NCC2CCCCN2S(C)(=O)=O)CCCCCC1. The van der Waals surface area contributed by atoms with Crippen LogP contribution in [0.15, 0.2) is 0 Å². The zero-order valence-electron chi connectivity index (χ0n) is 14.3. The maximum Gasteiger partial charge on any atom is 0.252 e. The van der Waals surface area contributed by atoms with E-state index in [1.54, 1.807) is 7.11 Å². The van der Waals surface area contributed by atoms with Crippen molar-refractivity contribution in [3.8, 4) is 0 Å². The second-order valence-corrected chi connectivity index (χ2v) is 8.78. The van der Waals surface area contributed by atoms with Gasteiger partial charge in [-0.1, -0.05) is 32.1 Å². The van der Waals surface area contributed by atoms with Crippen LogP contribution in [0, 0.1) is 0 Å². The van der Waals surface area contributed by atoms with Crippen LogP contribution < -0.4 is 5.32 Å². The fourth-order valence-corrected chi connectivity index (χ4v) is 4.99. The van der Waals surface area contributed by atoms with E-state index in [0.29, 0.717) is 13.1 Å². The summed E-state index contributed by atoms with van der Waals surface area (Å²) in [5.74, 6) is -0.0825. The number of amides is 1. The van der Waals surface area contributed by atoms with Crippen LogP contribution in [0.25, 0.3) is 0 Å². The summed E-state index contributed by atoms with van der Waals surface area (Å²) < 4.78 is 30.9. The molecule has 1 amide bonds. The smallest absolute Gasteiger partial charge is 0.252 e. The van der Waals surface area contributed by atoms with E-state index in [1.165, 1.54) is 10.6 Å². The third-order valence-corrected chi connectivity index (χ3v) is 6.55. The Morgan fingerprint density at radius 1 is 1.17 bits per heavy atom. The molecule has 1 saturated heterocycles. The fourth-order valence-electron chi connectivity index (χ4n) is 3.81. The molecule has 0 aromatic rings. The van der Waals surface area contributed by atoms with Crippen LogP contribution in [0.4, 0.5) is 0 Å². The van der Waals surface area contributed by atoms with Gasteiger partial charge in [-0.3, -0.25) is 4.79 Å². The molecular formula is C16H30N2O4S. The fraction of sp³-hybridized carbons (Fsp3) is 0.938. The number of carbonyl (C=O) groups is 1. The number of ether oxygens (including phenoxy) is 1. The van der Waals surface area contributed by atoms with Crippen LogP contribution in [-0.2, 0) is 19.6 Å². The lowest BCUT2D eigenvalue weighted by atomic mass is 9.93. The van der Waals surface area contributed by atoms with Gasteiger partial charge in [0, 0.05) is 26.2 Å². The summed E-state index contributed by atoms with van der Waals surface area (Å²) in [6.45, 7) is 0.922. The first-order valence-corrected chi connectivity index (χ1v) is 10.5. The molecule has 1 heterocycles. The highest BCUT2D eigenvalue weighted by atomic mass is 32.2. The van der Waals surface area contributed by atoms with Crippen molar-refractivity contribution in [1.29, 1.82) is 0 Å². The number of rotatable bonds is 5. The van der Waals surface area contributed by atoms with Gasteiger partial charge in [-0.25, -0.2) is 8.42 Å². The average molecular weight is 346 g/mol. The van der Waals surface area contributed by atoms with Gasteiger partial charge < -0.3 is 10.1 Å². The number of piperidine rings is 1. The molecule has 0 spiro atoms. The number of nitrogens with one attached hydrogen (secondary N) is 1. The number of methoxy groups -OCH3 is 1. The number of sulfonamides is 1. The van der Waals surface area contributed by atoms with E-state index in [9.17, 15) is 13.2 Å². The van der Waals surface area contributed by atoms with Gasteiger partial charge in [0.05, 0.1) is 6.26 Å². The molecule has 7 heteroatoms. The molecule has 1 saturated carbocycles. The van der Waals surface area contributed by atoms with Gasteiger partial charge in [-0.2, -0.15) is 4.31 Å². The standard InChI is InChI=1S/C16H30N2O4S/c1-22-16(10-6-3-4-7-11-16)15(19)17-13-14-9-5-8-12-18(14)23(2,20)21/h14H,3-13H2,1-2H3,(H,17,19). The maximum atomic E-state index is 12.7. The summed E-state index contributed by atoms with van der Waals surface area (Å²) in [6.07, 6.45) is 9.71. The molecule has 2 rings (SSSR count). The maximum absolute atomic E-state index is 12.7. The van der Waals surface area contributed by atoms with Gasteiger partial charge in [0.15, 0.2) is 0 Å². The molecule has 2 fully saturated rings. The second-order valence-electron chi connectivity index (χ2n) is 6.85. The molecule has 1 N–H and O–H groups in total. The zero-order chi connectivity index (χ0) is 16.9. The highest BCUT2D eigenvalue weighted by Gasteiger charge is 2.39. The van der Waals surface area contributed by atoms with E-state index in [4.69, 9.17) is 4.74 Å². The third kappa shape index (κ3) is 4.67. The molecule has 0 aromatic carbocycles. The van der Waals surface area contributed by atoms with E-state index in [1.807, 2.05) is 0 Å². The highest BCUT2D eigenvalue weighted by molar-refractivity contribution is 7.88. The van der Waals surface area contributed by atoms with Crippen LogP contribution in [0.2, 0.25) is 0 Å². The highest BCUT2D eigenvalue weighted by Crippen LogP contribution is 2.30. The van der Waals surface area contributed by atoms with Crippen molar-refractivity contribution in [1.82, 2.24) is 9.62 Å². The Morgan fingerprint density at radius 3 is 2.39 bits per heavy atom. The largest absolute Gasteiger partial charge is 0.368 e. The zero-order valence-corrected chi connectivity index (χ0v) is 15.2. The van der Waals surface area contributed by atoms with E-state index >= 15 is 0 Å². The van der Waals surface area contributed by atoms with Gasteiger partial charge >= 0.3 is 0 Å². The van der Waals surface area contributed by atoms with Gasteiger partial charge in [-0.15, -0.1) is 0 Å². The van der Waals surface area contributed by atoms with Gasteiger partial charge in [0.25, 0.3) is 5.91 Å². The molecule has 0 aromatic heterocycles. The lowest BCUT2D eigenvalue weighted by Crippen LogP contribution is -2.53. The van der Waals surface area contributed by atoms with Crippen LogP contribution >= 0.6 is 0 Å². The summed E-state index contributed by atoms with van der Waals surface area (Å²) in [7, 11) is -1.62. The molecule has 2 aliphatic rings. The Balaban J connectivity index is 1.98. The van der Waals surface area contributed by atoms with Gasteiger partial charge in [0.1, 0.15) is 5.60 Å². The monoisotopic (exact) mass is 346 g/mol. The molecule has 0 bridgehead atoms. The Morgan fingerprint density at radius 2 is 1.83 bits per heavy atom. The number of nitrogens with zero attached hydrogens (tertiary/aromatic N) is 1. The molecule has 134 valence electrons. The lowest BCUT2D eigenvalue weighted by molar-refractivity contribution is -0.145. The first kappa shape index (κ1) is 18.7.